The highest BCUT2D eigenvalue weighted by molar-refractivity contribution is 5.92. The molecule has 1 saturated heterocycles. The van der Waals surface area contributed by atoms with E-state index in [9.17, 15) is 27.2 Å². The van der Waals surface area contributed by atoms with Gasteiger partial charge in [0.1, 0.15) is 5.69 Å². The molecule has 0 spiro atoms. The van der Waals surface area contributed by atoms with Crippen molar-refractivity contribution in [2.75, 3.05) is 6.54 Å². The number of hydrogen-bond acceptors (Lipinski definition) is 5. The summed E-state index contributed by atoms with van der Waals surface area (Å²) in [6, 6.07) is 4.23. The van der Waals surface area contributed by atoms with Crippen LogP contribution in [0.15, 0.2) is 30.6 Å². The van der Waals surface area contributed by atoms with Gasteiger partial charge in [-0.1, -0.05) is 0 Å². The predicted octanol–water partition coefficient (Wildman–Crippen LogP) is 3.56. The number of piperidine rings is 1. The zero-order chi connectivity index (χ0) is 27.1. The van der Waals surface area contributed by atoms with Gasteiger partial charge in [0.05, 0.1) is 30.2 Å². The number of nitrogens with one attached hydrogen (secondary N) is 2. The summed E-state index contributed by atoms with van der Waals surface area (Å²) in [5, 5.41) is 13.8. The lowest BCUT2D eigenvalue weighted by molar-refractivity contribution is -0.136. The number of nitrogens with zero attached hydrogens (tertiary/aromatic N) is 5. The number of fused-ring (bicyclic) bond motifs is 1. The number of aromatic nitrogens is 5. The zero-order valence-electron chi connectivity index (χ0n) is 20.8. The van der Waals surface area contributed by atoms with Crippen LogP contribution in [0.5, 0.6) is 0 Å². The van der Waals surface area contributed by atoms with E-state index in [0.29, 0.717) is 29.3 Å². The first kappa shape index (κ1) is 26.1. The molecule has 1 aliphatic carbocycles. The number of rotatable bonds is 7. The number of imidazole rings is 1. The number of halogens is 4. The first-order chi connectivity index (χ1) is 18.0. The molecule has 4 heterocycles. The molecular weight excluding hydrogens is 506 g/mol. The Bertz CT molecular complexity index is 1330. The molecule has 204 valence electrons. The maximum atomic E-state index is 13.9. The summed E-state index contributed by atoms with van der Waals surface area (Å²) in [6.07, 6.45) is 2.48. The van der Waals surface area contributed by atoms with Crippen LogP contribution in [0.1, 0.15) is 66.9 Å². The lowest BCUT2D eigenvalue weighted by Crippen LogP contribution is -2.48. The molecule has 1 saturated carbocycles. The first-order valence-electron chi connectivity index (χ1n) is 12.7. The Morgan fingerprint density at radius 1 is 1.18 bits per heavy atom. The molecule has 2 aliphatic rings. The lowest BCUT2D eigenvalue weighted by atomic mass is 9.81. The Morgan fingerprint density at radius 3 is 2.68 bits per heavy atom. The molecule has 2 unspecified atom stereocenters. The predicted molar refractivity (Wildman–Crippen MR) is 128 cm³/mol. The molecule has 0 aromatic carbocycles. The fourth-order valence-electron chi connectivity index (χ4n) is 5.32. The molecule has 2 fully saturated rings. The molecule has 2 atom stereocenters. The smallest absolute Gasteiger partial charge is 0.270 e. The number of carbonyl (C=O) groups is 2. The standard InChI is InChI=1S/C25H29F4N7O2/c1-2-35-19(7-10-31-35)23(38)33-21(15-5-8-24(26,27)9-6-15)18-13-36-20(32-18)4-3-17(34-36)11-16-12-25(28,29)14-30-22(16)37/h3-4,7,10,13,15-16,21H,2,5-6,8-9,11-12,14H2,1H3,(H,30,37)(H,33,38). The van der Waals surface area contributed by atoms with Crippen LogP contribution in [0.4, 0.5) is 17.6 Å². The Labute approximate surface area is 216 Å². The minimum atomic E-state index is -2.97. The van der Waals surface area contributed by atoms with Crippen molar-refractivity contribution in [3.05, 3.63) is 47.7 Å². The highest BCUT2D eigenvalue weighted by atomic mass is 19.3. The quantitative estimate of drug-likeness (QED) is 0.450. The number of carbonyl (C=O) groups excluding carboxylic acids is 2. The van der Waals surface area contributed by atoms with Crippen molar-refractivity contribution in [2.45, 2.75) is 69.9 Å². The summed E-state index contributed by atoms with van der Waals surface area (Å²) < 4.78 is 58.5. The first-order valence-corrected chi connectivity index (χ1v) is 12.7. The average molecular weight is 536 g/mol. The molecule has 38 heavy (non-hydrogen) atoms. The van der Waals surface area contributed by atoms with Crippen molar-refractivity contribution < 1.29 is 27.2 Å². The van der Waals surface area contributed by atoms with Crippen molar-refractivity contribution in [3.63, 3.8) is 0 Å². The third-order valence-electron chi connectivity index (χ3n) is 7.37. The van der Waals surface area contributed by atoms with E-state index in [1.54, 1.807) is 29.1 Å². The monoisotopic (exact) mass is 535 g/mol. The van der Waals surface area contributed by atoms with Crippen LogP contribution >= 0.6 is 0 Å². The molecule has 3 aromatic rings. The topological polar surface area (TPSA) is 106 Å². The van der Waals surface area contributed by atoms with Gasteiger partial charge in [0.15, 0.2) is 5.65 Å². The molecule has 2 amide bonds. The van der Waals surface area contributed by atoms with E-state index < -0.39 is 42.7 Å². The molecule has 0 radical (unpaired) electrons. The van der Waals surface area contributed by atoms with E-state index in [1.807, 2.05) is 6.92 Å². The molecule has 5 rings (SSSR count). The minimum absolute atomic E-state index is 0.0315. The van der Waals surface area contributed by atoms with Gasteiger partial charge in [0.2, 0.25) is 11.8 Å². The van der Waals surface area contributed by atoms with Crippen LogP contribution in [0.3, 0.4) is 0 Å². The van der Waals surface area contributed by atoms with Crippen LogP contribution < -0.4 is 10.6 Å². The number of alkyl halides is 4. The van der Waals surface area contributed by atoms with E-state index in [0.717, 1.165) is 0 Å². The van der Waals surface area contributed by atoms with E-state index in [1.165, 1.54) is 10.7 Å². The van der Waals surface area contributed by atoms with Crippen LogP contribution in [-0.2, 0) is 17.8 Å². The van der Waals surface area contributed by atoms with Gasteiger partial charge < -0.3 is 10.6 Å². The molecule has 2 N–H and O–H groups in total. The molecule has 1 aliphatic heterocycles. The summed E-state index contributed by atoms with van der Waals surface area (Å²) in [5.74, 6) is -7.71. The largest absolute Gasteiger partial charge is 0.350 e. The van der Waals surface area contributed by atoms with Crippen LogP contribution in [-0.4, -0.2) is 54.6 Å². The molecular formula is C25H29F4N7O2. The Hall–Kier alpha value is -3.51. The van der Waals surface area contributed by atoms with Crippen molar-refractivity contribution in [1.82, 2.24) is 35.0 Å². The number of amides is 2. The molecule has 3 aromatic heterocycles. The van der Waals surface area contributed by atoms with Gasteiger partial charge >= 0.3 is 0 Å². The van der Waals surface area contributed by atoms with E-state index >= 15 is 0 Å². The van der Waals surface area contributed by atoms with Gasteiger partial charge in [0, 0.05) is 44.3 Å². The second kappa shape index (κ2) is 9.99. The summed E-state index contributed by atoms with van der Waals surface area (Å²) in [6.45, 7) is 1.68. The normalized spacial score (nSPS) is 22.2. The van der Waals surface area contributed by atoms with Gasteiger partial charge in [-0.15, -0.1) is 0 Å². The van der Waals surface area contributed by atoms with E-state index in [-0.39, 0.29) is 43.9 Å². The van der Waals surface area contributed by atoms with Crippen molar-refractivity contribution >= 4 is 17.5 Å². The van der Waals surface area contributed by atoms with E-state index in [2.05, 4.69) is 25.8 Å². The Balaban J connectivity index is 1.41. The van der Waals surface area contributed by atoms with Gasteiger partial charge in [-0.2, -0.15) is 10.2 Å². The van der Waals surface area contributed by atoms with Gasteiger partial charge in [-0.25, -0.2) is 27.1 Å². The minimum Gasteiger partial charge on any atom is -0.350 e. The highest BCUT2D eigenvalue weighted by Crippen LogP contribution is 2.41. The second-order valence-corrected chi connectivity index (χ2v) is 10.1. The van der Waals surface area contributed by atoms with Crippen molar-refractivity contribution in [3.8, 4) is 0 Å². The molecule has 13 heteroatoms. The molecule has 0 bridgehead atoms. The van der Waals surface area contributed by atoms with E-state index in [4.69, 9.17) is 0 Å². The third-order valence-corrected chi connectivity index (χ3v) is 7.37. The lowest BCUT2D eigenvalue weighted by Gasteiger charge is -2.33. The number of aryl methyl sites for hydroxylation is 1. The maximum Gasteiger partial charge on any atom is 0.270 e. The average Bonchev–Trinajstić information content (AvgIpc) is 3.51. The van der Waals surface area contributed by atoms with Crippen molar-refractivity contribution in [1.29, 1.82) is 0 Å². The van der Waals surface area contributed by atoms with Gasteiger partial charge in [0.25, 0.3) is 11.8 Å². The second-order valence-electron chi connectivity index (χ2n) is 10.1. The molecule has 9 nitrogen and oxygen atoms in total. The Morgan fingerprint density at radius 2 is 1.95 bits per heavy atom. The third kappa shape index (κ3) is 5.51. The van der Waals surface area contributed by atoms with Crippen LogP contribution in [0, 0.1) is 11.8 Å². The Kier molecular flexibility index (Phi) is 6.86. The summed E-state index contributed by atoms with van der Waals surface area (Å²) >= 11 is 0. The zero-order valence-corrected chi connectivity index (χ0v) is 20.8. The van der Waals surface area contributed by atoms with Crippen molar-refractivity contribution in [2.24, 2.45) is 11.8 Å². The van der Waals surface area contributed by atoms with Crippen LogP contribution in [0.2, 0.25) is 0 Å². The maximum absolute atomic E-state index is 13.9. The number of hydrogen-bond donors (Lipinski definition) is 2. The highest BCUT2D eigenvalue weighted by Gasteiger charge is 2.41. The summed E-state index contributed by atoms with van der Waals surface area (Å²) in [5.41, 5.74) is 1.69. The van der Waals surface area contributed by atoms with Gasteiger partial charge in [-0.05, 0) is 43.9 Å². The summed E-state index contributed by atoms with van der Waals surface area (Å²) in [7, 11) is 0. The van der Waals surface area contributed by atoms with Crippen LogP contribution in [0.25, 0.3) is 5.65 Å². The fraction of sp³-hybridized carbons (Fsp3) is 0.560. The van der Waals surface area contributed by atoms with Gasteiger partial charge in [-0.3, -0.25) is 14.3 Å². The fourth-order valence-corrected chi connectivity index (χ4v) is 5.32. The SMILES string of the molecule is CCn1nccc1C(=O)NC(c1cn2nc(CC3CC(F)(F)CNC3=O)ccc2n1)C1CCC(F)(F)CC1. The summed E-state index contributed by atoms with van der Waals surface area (Å²) in [4.78, 5) is 29.9.